The SMILES string of the molecule is Cc1cccc(CC(NN)c2cc(Cl)cc(Cl)c2)c1. The lowest BCUT2D eigenvalue weighted by molar-refractivity contribution is 0.552. The zero-order chi connectivity index (χ0) is 13.8. The highest BCUT2D eigenvalue weighted by atomic mass is 35.5. The molecule has 1 atom stereocenters. The smallest absolute Gasteiger partial charge is 0.0501 e. The predicted molar refractivity (Wildman–Crippen MR) is 81.4 cm³/mol. The Hall–Kier alpha value is -1.06. The third-order valence-corrected chi connectivity index (χ3v) is 3.45. The maximum Gasteiger partial charge on any atom is 0.0501 e. The number of halogens is 2. The number of hydrazine groups is 1. The molecule has 0 saturated carbocycles. The van der Waals surface area contributed by atoms with E-state index in [0.29, 0.717) is 10.0 Å². The summed E-state index contributed by atoms with van der Waals surface area (Å²) >= 11 is 12.1. The van der Waals surface area contributed by atoms with Crippen LogP contribution in [0.25, 0.3) is 0 Å². The molecule has 1 unspecified atom stereocenters. The fourth-order valence-corrected chi connectivity index (χ4v) is 2.67. The lowest BCUT2D eigenvalue weighted by Gasteiger charge is -2.17. The molecule has 0 radical (unpaired) electrons. The van der Waals surface area contributed by atoms with Gasteiger partial charge in [-0.25, -0.2) is 0 Å². The van der Waals surface area contributed by atoms with E-state index in [1.807, 2.05) is 18.2 Å². The molecular formula is C15H16Cl2N2. The second-order valence-electron chi connectivity index (χ2n) is 4.62. The van der Waals surface area contributed by atoms with Crippen molar-refractivity contribution in [1.82, 2.24) is 5.43 Å². The monoisotopic (exact) mass is 294 g/mol. The standard InChI is InChI=1S/C15H16Cl2N2/c1-10-3-2-4-11(5-10)6-15(19-18)12-7-13(16)9-14(17)8-12/h2-5,7-9,15,19H,6,18H2,1H3. The van der Waals surface area contributed by atoms with Gasteiger partial charge in [0.1, 0.15) is 0 Å². The fraction of sp³-hybridized carbons (Fsp3) is 0.200. The predicted octanol–water partition coefficient (Wildman–Crippen LogP) is 4.05. The van der Waals surface area contributed by atoms with Crippen molar-refractivity contribution in [2.24, 2.45) is 5.84 Å². The molecule has 0 spiro atoms. The first-order valence-electron chi connectivity index (χ1n) is 6.06. The third-order valence-electron chi connectivity index (χ3n) is 3.01. The van der Waals surface area contributed by atoms with E-state index in [1.165, 1.54) is 11.1 Å². The van der Waals surface area contributed by atoms with Gasteiger partial charge < -0.3 is 0 Å². The summed E-state index contributed by atoms with van der Waals surface area (Å²) in [6.07, 6.45) is 0.787. The van der Waals surface area contributed by atoms with Gasteiger partial charge in [0.25, 0.3) is 0 Å². The quantitative estimate of drug-likeness (QED) is 0.659. The van der Waals surface area contributed by atoms with Crippen LogP contribution in [0.1, 0.15) is 22.7 Å². The Morgan fingerprint density at radius 3 is 2.37 bits per heavy atom. The summed E-state index contributed by atoms with van der Waals surface area (Å²) in [7, 11) is 0. The molecule has 0 fully saturated rings. The second-order valence-corrected chi connectivity index (χ2v) is 5.49. The fourth-order valence-electron chi connectivity index (χ4n) is 2.12. The molecule has 2 aromatic rings. The molecule has 2 aromatic carbocycles. The van der Waals surface area contributed by atoms with E-state index in [9.17, 15) is 0 Å². The Balaban J connectivity index is 2.24. The molecule has 0 aliphatic carbocycles. The van der Waals surface area contributed by atoms with Gasteiger partial charge >= 0.3 is 0 Å². The van der Waals surface area contributed by atoms with Crippen LogP contribution in [-0.4, -0.2) is 0 Å². The summed E-state index contributed by atoms with van der Waals surface area (Å²) in [5.41, 5.74) is 6.27. The van der Waals surface area contributed by atoms with Crippen LogP contribution in [0.3, 0.4) is 0 Å². The van der Waals surface area contributed by atoms with Crippen LogP contribution >= 0.6 is 23.2 Å². The van der Waals surface area contributed by atoms with Crippen LogP contribution in [-0.2, 0) is 6.42 Å². The highest BCUT2D eigenvalue weighted by Gasteiger charge is 2.12. The Morgan fingerprint density at radius 1 is 1.11 bits per heavy atom. The molecule has 0 saturated heterocycles. The maximum absolute atomic E-state index is 6.03. The molecule has 0 amide bonds. The van der Waals surface area contributed by atoms with Gasteiger partial charge in [0.15, 0.2) is 0 Å². The van der Waals surface area contributed by atoms with Crippen molar-refractivity contribution in [1.29, 1.82) is 0 Å². The number of rotatable bonds is 4. The van der Waals surface area contributed by atoms with E-state index < -0.39 is 0 Å². The van der Waals surface area contributed by atoms with Gasteiger partial charge in [-0.1, -0.05) is 53.0 Å². The molecule has 0 bridgehead atoms. The Morgan fingerprint density at radius 2 is 1.79 bits per heavy atom. The van der Waals surface area contributed by atoms with Crippen molar-refractivity contribution < 1.29 is 0 Å². The van der Waals surface area contributed by atoms with Crippen LogP contribution in [0, 0.1) is 6.92 Å². The molecule has 2 rings (SSSR count). The summed E-state index contributed by atoms with van der Waals surface area (Å²) in [4.78, 5) is 0. The molecule has 0 aromatic heterocycles. The lowest BCUT2D eigenvalue weighted by Crippen LogP contribution is -2.29. The molecule has 19 heavy (non-hydrogen) atoms. The van der Waals surface area contributed by atoms with Gasteiger partial charge in [-0.05, 0) is 42.7 Å². The number of nitrogens with two attached hydrogens (primary N) is 1. The van der Waals surface area contributed by atoms with Crippen LogP contribution in [0.2, 0.25) is 10.0 Å². The molecular weight excluding hydrogens is 279 g/mol. The molecule has 0 aliphatic rings. The van der Waals surface area contributed by atoms with Gasteiger partial charge in [0.05, 0.1) is 6.04 Å². The van der Waals surface area contributed by atoms with Crippen LogP contribution in [0.5, 0.6) is 0 Å². The summed E-state index contributed by atoms with van der Waals surface area (Å²) in [5, 5.41) is 1.24. The first-order chi connectivity index (χ1) is 9.08. The molecule has 0 heterocycles. The number of hydrogen-bond acceptors (Lipinski definition) is 2. The van der Waals surface area contributed by atoms with Gasteiger partial charge in [0, 0.05) is 10.0 Å². The van der Waals surface area contributed by atoms with Crippen molar-refractivity contribution in [3.8, 4) is 0 Å². The van der Waals surface area contributed by atoms with E-state index in [0.717, 1.165) is 12.0 Å². The minimum Gasteiger partial charge on any atom is -0.271 e. The average molecular weight is 295 g/mol. The van der Waals surface area contributed by atoms with E-state index in [4.69, 9.17) is 29.0 Å². The van der Waals surface area contributed by atoms with Crippen molar-refractivity contribution in [2.75, 3.05) is 0 Å². The maximum atomic E-state index is 6.03. The van der Waals surface area contributed by atoms with Crippen molar-refractivity contribution >= 4 is 23.2 Å². The Kier molecular flexibility index (Phi) is 4.83. The third kappa shape index (κ3) is 3.95. The van der Waals surface area contributed by atoms with E-state index in [1.54, 1.807) is 6.07 Å². The van der Waals surface area contributed by atoms with Gasteiger partial charge in [-0.2, -0.15) is 0 Å². The molecule has 3 N–H and O–H groups in total. The van der Waals surface area contributed by atoms with E-state index in [2.05, 4.69) is 30.5 Å². The normalized spacial score (nSPS) is 12.4. The minimum atomic E-state index is -0.0157. The number of aryl methyl sites for hydroxylation is 1. The van der Waals surface area contributed by atoms with Crippen molar-refractivity contribution in [3.63, 3.8) is 0 Å². The van der Waals surface area contributed by atoms with Crippen molar-refractivity contribution in [2.45, 2.75) is 19.4 Å². The average Bonchev–Trinajstić information content (AvgIpc) is 2.34. The summed E-state index contributed by atoms with van der Waals surface area (Å²) in [6, 6.07) is 13.8. The molecule has 0 aliphatic heterocycles. The minimum absolute atomic E-state index is 0.0157. The van der Waals surface area contributed by atoms with E-state index in [-0.39, 0.29) is 6.04 Å². The highest BCUT2D eigenvalue weighted by molar-refractivity contribution is 6.34. The number of benzene rings is 2. The van der Waals surface area contributed by atoms with Crippen molar-refractivity contribution in [3.05, 3.63) is 69.2 Å². The van der Waals surface area contributed by atoms with E-state index >= 15 is 0 Å². The number of nitrogens with one attached hydrogen (secondary N) is 1. The molecule has 4 heteroatoms. The second kappa shape index (κ2) is 6.40. The first-order valence-corrected chi connectivity index (χ1v) is 6.82. The zero-order valence-electron chi connectivity index (χ0n) is 10.7. The first kappa shape index (κ1) is 14.4. The molecule has 100 valence electrons. The molecule has 2 nitrogen and oxygen atoms in total. The van der Waals surface area contributed by atoms with Gasteiger partial charge in [-0.3, -0.25) is 11.3 Å². The van der Waals surface area contributed by atoms with Gasteiger partial charge in [0.2, 0.25) is 0 Å². The summed E-state index contributed by atoms with van der Waals surface area (Å²) < 4.78 is 0. The van der Waals surface area contributed by atoms with Crippen LogP contribution < -0.4 is 11.3 Å². The largest absolute Gasteiger partial charge is 0.271 e. The lowest BCUT2D eigenvalue weighted by atomic mass is 9.98. The van der Waals surface area contributed by atoms with Gasteiger partial charge in [-0.15, -0.1) is 0 Å². The number of hydrogen-bond donors (Lipinski definition) is 2. The Bertz CT molecular complexity index is 550. The zero-order valence-corrected chi connectivity index (χ0v) is 12.2. The topological polar surface area (TPSA) is 38.0 Å². The van der Waals surface area contributed by atoms with Crippen LogP contribution in [0.15, 0.2) is 42.5 Å². The van der Waals surface area contributed by atoms with Crippen LogP contribution in [0.4, 0.5) is 0 Å². The Labute approximate surface area is 123 Å². The highest BCUT2D eigenvalue weighted by Crippen LogP contribution is 2.25. The summed E-state index contributed by atoms with van der Waals surface area (Å²) in [6.45, 7) is 2.07. The summed E-state index contributed by atoms with van der Waals surface area (Å²) in [5.74, 6) is 5.65.